The zero-order valence-electron chi connectivity index (χ0n) is 10.4. The molecule has 0 spiro atoms. The van der Waals surface area contributed by atoms with Gasteiger partial charge in [0, 0.05) is 6.42 Å². The van der Waals surface area contributed by atoms with E-state index in [4.69, 9.17) is 9.47 Å². The van der Waals surface area contributed by atoms with Crippen LogP contribution in [0.5, 0.6) is 0 Å². The van der Waals surface area contributed by atoms with Gasteiger partial charge < -0.3 is 17.8 Å². The molecule has 18 heavy (non-hydrogen) atoms. The molecule has 0 radical (unpaired) electrons. The van der Waals surface area contributed by atoms with Gasteiger partial charge in [-0.15, -0.1) is 8.42 Å². The van der Waals surface area contributed by atoms with Crippen LogP contribution >= 0.6 is 0 Å². The SMILES string of the molecule is CCCCCCCCC1OC2=C(O1)OS(=O)(=O)O2. The molecule has 0 fully saturated rings. The highest BCUT2D eigenvalue weighted by molar-refractivity contribution is 7.82. The Balaban J connectivity index is 1.59. The van der Waals surface area contributed by atoms with Crippen molar-refractivity contribution in [3.8, 4) is 0 Å². The molecule has 0 unspecified atom stereocenters. The van der Waals surface area contributed by atoms with E-state index < -0.39 is 16.7 Å². The van der Waals surface area contributed by atoms with Gasteiger partial charge in [0.15, 0.2) is 0 Å². The van der Waals surface area contributed by atoms with Gasteiger partial charge in [-0.25, -0.2) is 0 Å². The molecule has 0 aromatic heterocycles. The molecule has 2 aliphatic rings. The minimum Gasteiger partial charge on any atom is -0.419 e. The Kier molecular flexibility index (Phi) is 4.21. The van der Waals surface area contributed by atoms with Crippen molar-refractivity contribution in [2.24, 2.45) is 0 Å². The van der Waals surface area contributed by atoms with Crippen LogP contribution in [0, 0.1) is 0 Å². The Morgan fingerprint density at radius 1 is 0.944 bits per heavy atom. The molecule has 2 aliphatic heterocycles. The molecule has 0 saturated carbocycles. The molecule has 0 atom stereocenters. The average Bonchev–Trinajstić information content (AvgIpc) is 2.76. The summed E-state index contributed by atoms with van der Waals surface area (Å²) < 4.78 is 41.0. The van der Waals surface area contributed by atoms with Crippen LogP contribution in [0.3, 0.4) is 0 Å². The topological polar surface area (TPSA) is 71.1 Å². The molecule has 2 rings (SSSR count). The van der Waals surface area contributed by atoms with Crippen LogP contribution < -0.4 is 0 Å². The Labute approximate surface area is 107 Å². The van der Waals surface area contributed by atoms with Crippen molar-refractivity contribution in [3.05, 3.63) is 11.9 Å². The van der Waals surface area contributed by atoms with Crippen molar-refractivity contribution in [2.45, 2.75) is 58.2 Å². The Hall–Kier alpha value is -1.11. The third-order valence-corrected chi connectivity index (χ3v) is 3.50. The summed E-state index contributed by atoms with van der Waals surface area (Å²) in [7, 11) is -3.99. The maximum atomic E-state index is 10.9. The van der Waals surface area contributed by atoms with Crippen LogP contribution in [-0.2, 0) is 28.2 Å². The third-order valence-electron chi connectivity index (χ3n) is 2.79. The van der Waals surface area contributed by atoms with E-state index in [0.29, 0.717) is 6.42 Å². The monoisotopic (exact) mass is 278 g/mol. The second kappa shape index (κ2) is 5.69. The lowest BCUT2D eigenvalue weighted by molar-refractivity contribution is -0.0852. The smallest absolute Gasteiger partial charge is 0.419 e. The fourth-order valence-corrected chi connectivity index (χ4v) is 2.50. The van der Waals surface area contributed by atoms with E-state index in [0.717, 1.165) is 12.8 Å². The van der Waals surface area contributed by atoms with Gasteiger partial charge in [0.1, 0.15) is 0 Å². The average molecular weight is 278 g/mol. The molecule has 6 nitrogen and oxygen atoms in total. The Bertz CT molecular complexity index is 389. The summed E-state index contributed by atoms with van der Waals surface area (Å²) in [5, 5.41) is 0. The molecule has 0 bridgehead atoms. The molecular formula is C11H18O6S. The quantitative estimate of drug-likeness (QED) is 0.666. The van der Waals surface area contributed by atoms with E-state index in [1.807, 2.05) is 0 Å². The first kappa shape index (κ1) is 13.3. The maximum Gasteiger partial charge on any atom is 0.506 e. The highest BCUT2D eigenvalue weighted by Crippen LogP contribution is 2.34. The lowest BCUT2D eigenvalue weighted by atomic mass is 10.1. The lowest BCUT2D eigenvalue weighted by Gasteiger charge is -2.12. The highest BCUT2D eigenvalue weighted by Gasteiger charge is 2.43. The van der Waals surface area contributed by atoms with Crippen molar-refractivity contribution in [1.82, 2.24) is 0 Å². The van der Waals surface area contributed by atoms with Crippen LogP contribution in [-0.4, -0.2) is 14.7 Å². The molecule has 0 N–H and O–H groups in total. The summed E-state index contributed by atoms with van der Waals surface area (Å²) in [5.74, 6) is -0.350. The van der Waals surface area contributed by atoms with E-state index in [9.17, 15) is 8.42 Å². The Morgan fingerprint density at radius 2 is 1.50 bits per heavy atom. The second-order valence-corrected chi connectivity index (χ2v) is 5.52. The van der Waals surface area contributed by atoms with Gasteiger partial charge in [-0.3, -0.25) is 0 Å². The molecule has 0 aliphatic carbocycles. The second-order valence-electron chi connectivity index (χ2n) is 4.37. The fraction of sp³-hybridized carbons (Fsp3) is 0.818. The van der Waals surface area contributed by atoms with Gasteiger partial charge in [0.05, 0.1) is 0 Å². The molecule has 0 aromatic carbocycles. The van der Waals surface area contributed by atoms with Crippen LogP contribution in [0.25, 0.3) is 0 Å². The molecule has 104 valence electrons. The van der Waals surface area contributed by atoms with Gasteiger partial charge in [0.2, 0.25) is 6.29 Å². The summed E-state index contributed by atoms with van der Waals surface area (Å²) in [4.78, 5) is 0. The van der Waals surface area contributed by atoms with E-state index >= 15 is 0 Å². The molecular weight excluding hydrogens is 260 g/mol. The summed E-state index contributed by atoms with van der Waals surface area (Å²) in [6.07, 6.45) is 7.26. The molecule has 2 heterocycles. The molecule has 0 saturated heterocycles. The van der Waals surface area contributed by atoms with Gasteiger partial charge >= 0.3 is 22.3 Å². The summed E-state index contributed by atoms with van der Waals surface area (Å²) in [6.45, 7) is 2.18. The number of ether oxygens (including phenoxy) is 2. The predicted molar refractivity (Wildman–Crippen MR) is 62.1 cm³/mol. The fourth-order valence-electron chi connectivity index (χ4n) is 1.88. The zero-order valence-corrected chi connectivity index (χ0v) is 11.2. The number of hydrogen-bond donors (Lipinski definition) is 0. The number of rotatable bonds is 7. The van der Waals surface area contributed by atoms with Crippen molar-refractivity contribution < 1.29 is 26.3 Å². The van der Waals surface area contributed by atoms with Crippen molar-refractivity contribution in [3.63, 3.8) is 0 Å². The number of unbranched alkanes of at least 4 members (excludes halogenated alkanes) is 5. The van der Waals surface area contributed by atoms with Crippen molar-refractivity contribution in [1.29, 1.82) is 0 Å². The summed E-state index contributed by atoms with van der Waals surface area (Å²) >= 11 is 0. The Morgan fingerprint density at radius 3 is 2.11 bits per heavy atom. The summed E-state index contributed by atoms with van der Waals surface area (Å²) in [6, 6.07) is 0. The van der Waals surface area contributed by atoms with Crippen LogP contribution in [0.2, 0.25) is 0 Å². The van der Waals surface area contributed by atoms with Crippen molar-refractivity contribution in [2.75, 3.05) is 0 Å². The zero-order chi connectivity index (χ0) is 13.0. The largest absolute Gasteiger partial charge is 0.506 e. The van der Waals surface area contributed by atoms with Gasteiger partial charge in [-0.05, 0) is 6.42 Å². The van der Waals surface area contributed by atoms with E-state index in [1.54, 1.807) is 0 Å². The van der Waals surface area contributed by atoms with Crippen molar-refractivity contribution >= 4 is 10.4 Å². The maximum absolute atomic E-state index is 10.9. The first-order valence-corrected chi connectivity index (χ1v) is 7.65. The molecule has 0 amide bonds. The molecule has 7 heteroatoms. The number of hydrogen-bond acceptors (Lipinski definition) is 6. The van der Waals surface area contributed by atoms with Crippen LogP contribution in [0.15, 0.2) is 11.9 Å². The third kappa shape index (κ3) is 3.44. The normalized spacial score (nSPS) is 20.9. The van der Waals surface area contributed by atoms with Gasteiger partial charge in [-0.2, -0.15) is 0 Å². The first-order valence-electron chi connectivity index (χ1n) is 6.32. The summed E-state index contributed by atoms with van der Waals surface area (Å²) in [5.41, 5.74) is 0. The van der Waals surface area contributed by atoms with E-state index in [-0.39, 0.29) is 11.9 Å². The van der Waals surface area contributed by atoms with Crippen LogP contribution in [0.1, 0.15) is 51.9 Å². The van der Waals surface area contributed by atoms with Crippen LogP contribution in [0.4, 0.5) is 0 Å². The minimum absolute atomic E-state index is 0.175. The highest BCUT2D eigenvalue weighted by atomic mass is 32.3. The van der Waals surface area contributed by atoms with Gasteiger partial charge in [0.25, 0.3) is 0 Å². The van der Waals surface area contributed by atoms with Gasteiger partial charge in [-0.1, -0.05) is 39.0 Å². The minimum atomic E-state index is -3.99. The standard InChI is InChI=1S/C11H18O6S/c1-2-3-4-5-6-7-8-9-14-10-11(15-9)17-18(12,13)16-10/h9H,2-8H2,1H3. The first-order chi connectivity index (χ1) is 8.61. The van der Waals surface area contributed by atoms with E-state index in [1.165, 1.54) is 25.7 Å². The predicted octanol–water partition coefficient (Wildman–Crippen LogP) is 2.53. The molecule has 0 aromatic rings. The lowest BCUT2D eigenvalue weighted by Crippen LogP contribution is -2.13. The van der Waals surface area contributed by atoms with E-state index in [2.05, 4.69) is 15.3 Å².